The summed E-state index contributed by atoms with van der Waals surface area (Å²) in [5.74, 6) is 2.25. The van der Waals surface area contributed by atoms with E-state index in [1.807, 2.05) is 17.8 Å². The zero-order valence-electron chi connectivity index (χ0n) is 12.8. The molecule has 1 heterocycles. The van der Waals surface area contributed by atoms with Crippen molar-refractivity contribution in [1.29, 1.82) is 0 Å². The summed E-state index contributed by atoms with van der Waals surface area (Å²) in [6.45, 7) is 7.01. The van der Waals surface area contributed by atoms with E-state index in [9.17, 15) is 5.11 Å². The second kappa shape index (κ2) is 5.66. The van der Waals surface area contributed by atoms with Gasteiger partial charge in [0.05, 0.1) is 6.10 Å². The summed E-state index contributed by atoms with van der Waals surface area (Å²) in [6.07, 6.45) is 9.03. The lowest BCUT2D eigenvalue weighted by Crippen LogP contribution is -2.32. The Bertz CT molecular complexity index is 397. The van der Waals surface area contributed by atoms with Crippen LogP contribution in [-0.2, 0) is 13.5 Å². The monoisotopic (exact) mass is 264 g/mol. The molecule has 19 heavy (non-hydrogen) atoms. The first kappa shape index (κ1) is 14.6. The van der Waals surface area contributed by atoms with Crippen LogP contribution in [-0.4, -0.2) is 20.8 Å². The predicted octanol–water partition coefficient (Wildman–Crippen LogP) is 3.18. The van der Waals surface area contributed by atoms with Crippen LogP contribution in [0.3, 0.4) is 0 Å². The van der Waals surface area contributed by atoms with E-state index in [2.05, 4.69) is 25.8 Å². The largest absolute Gasteiger partial charge is 0.392 e. The van der Waals surface area contributed by atoms with Crippen molar-refractivity contribution in [3.63, 3.8) is 0 Å². The van der Waals surface area contributed by atoms with E-state index in [0.29, 0.717) is 17.8 Å². The van der Waals surface area contributed by atoms with Crippen molar-refractivity contribution >= 4 is 0 Å². The van der Waals surface area contributed by atoms with Gasteiger partial charge < -0.3 is 9.67 Å². The Balaban J connectivity index is 1.86. The Morgan fingerprint density at radius 3 is 2.42 bits per heavy atom. The van der Waals surface area contributed by atoms with Crippen LogP contribution in [0.15, 0.2) is 12.4 Å². The first-order chi connectivity index (χ1) is 8.88. The Morgan fingerprint density at radius 2 is 1.95 bits per heavy atom. The third-order valence-electron chi connectivity index (χ3n) is 4.85. The maximum absolute atomic E-state index is 10.4. The van der Waals surface area contributed by atoms with Crippen molar-refractivity contribution in [2.24, 2.45) is 24.3 Å². The zero-order valence-corrected chi connectivity index (χ0v) is 12.8. The molecule has 0 saturated heterocycles. The summed E-state index contributed by atoms with van der Waals surface area (Å²) >= 11 is 0. The van der Waals surface area contributed by atoms with E-state index in [1.165, 1.54) is 12.8 Å². The molecule has 1 atom stereocenters. The first-order valence-electron chi connectivity index (χ1n) is 7.52. The molecule has 0 aromatic carbocycles. The molecule has 1 aromatic rings. The highest BCUT2D eigenvalue weighted by Gasteiger charge is 2.32. The van der Waals surface area contributed by atoms with Gasteiger partial charge in [0.2, 0.25) is 0 Å². The minimum Gasteiger partial charge on any atom is -0.392 e. The lowest BCUT2D eigenvalue weighted by Gasteiger charge is -2.38. The minimum absolute atomic E-state index is 0.234. The molecule has 1 aliphatic carbocycles. The predicted molar refractivity (Wildman–Crippen MR) is 77.8 cm³/mol. The van der Waals surface area contributed by atoms with Gasteiger partial charge in [-0.25, -0.2) is 4.98 Å². The van der Waals surface area contributed by atoms with Gasteiger partial charge in [-0.05, 0) is 42.9 Å². The molecule has 1 aliphatic rings. The van der Waals surface area contributed by atoms with E-state index in [-0.39, 0.29) is 6.10 Å². The van der Waals surface area contributed by atoms with E-state index < -0.39 is 0 Å². The molecule has 3 nitrogen and oxygen atoms in total. The van der Waals surface area contributed by atoms with Crippen LogP contribution < -0.4 is 0 Å². The second-order valence-corrected chi connectivity index (χ2v) is 7.20. The summed E-state index contributed by atoms with van der Waals surface area (Å²) in [6, 6.07) is 0. The molecular formula is C16H28N2O. The summed E-state index contributed by atoms with van der Waals surface area (Å²) in [7, 11) is 1.99. The molecule has 2 rings (SSSR count). The van der Waals surface area contributed by atoms with Gasteiger partial charge in [-0.15, -0.1) is 0 Å². The summed E-state index contributed by atoms with van der Waals surface area (Å²) in [5.41, 5.74) is 0.412. The number of aliphatic hydroxyl groups excluding tert-OH is 1. The van der Waals surface area contributed by atoms with E-state index in [4.69, 9.17) is 0 Å². The molecule has 108 valence electrons. The summed E-state index contributed by atoms with van der Waals surface area (Å²) in [5, 5.41) is 10.4. The topological polar surface area (TPSA) is 38.0 Å². The first-order valence-corrected chi connectivity index (χ1v) is 7.52. The molecule has 0 spiro atoms. The number of imidazole rings is 1. The molecule has 1 N–H and O–H groups in total. The van der Waals surface area contributed by atoms with Crippen molar-refractivity contribution in [3.8, 4) is 0 Å². The number of rotatable bonds is 3. The molecule has 0 aliphatic heterocycles. The molecule has 3 heteroatoms. The van der Waals surface area contributed by atoms with Crippen molar-refractivity contribution in [2.75, 3.05) is 0 Å². The highest BCUT2D eigenvalue weighted by atomic mass is 16.3. The van der Waals surface area contributed by atoms with Gasteiger partial charge in [0, 0.05) is 25.9 Å². The van der Waals surface area contributed by atoms with Gasteiger partial charge in [-0.1, -0.05) is 20.8 Å². The van der Waals surface area contributed by atoms with Crippen LogP contribution >= 0.6 is 0 Å². The van der Waals surface area contributed by atoms with Gasteiger partial charge in [0.25, 0.3) is 0 Å². The van der Waals surface area contributed by atoms with Crippen molar-refractivity contribution in [1.82, 2.24) is 9.55 Å². The van der Waals surface area contributed by atoms with Gasteiger partial charge in [-0.2, -0.15) is 0 Å². The van der Waals surface area contributed by atoms with E-state index >= 15 is 0 Å². The van der Waals surface area contributed by atoms with E-state index in [0.717, 1.165) is 24.6 Å². The fourth-order valence-electron chi connectivity index (χ4n) is 3.32. The van der Waals surface area contributed by atoms with Gasteiger partial charge in [0.1, 0.15) is 5.82 Å². The number of nitrogens with zero attached hydrogens (tertiary/aromatic N) is 2. The van der Waals surface area contributed by atoms with Crippen molar-refractivity contribution in [3.05, 3.63) is 18.2 Å². The Labute approximate surface area is 117 Å². The summed E-state index contributed by atoms with van der Waals surface area (Å²) in [4.78, 5) is 4.31. The number of hydrogen-bond acceptors (Lipinski definition) is 2. The van der Waals surface area contributed by atoms with Crippen LogP contribution in [0.5, 0.6) is 0 Å². The maximum Gasteiger partial charge on any atom is 0.110 e. The SMILES string of the molecule is Cn1ccnc1CC(O)C1CCC(C(C)(C)C)CC1. The molecule has 0 bridgehead atoms. The normalized spacial score (nSPS) is 26.4. The highest BCUT2D eigenvalue weighted by Crippen LogP contribution is 2.40. The lowest BCUT2D eigenvalue weighted by molar-refractivity contribution is 0.0521. The van der Waals surface area contributed by atoms with Crippen molar-refractivity contribution < 1.29 is 5.11 Å². The molecule has 1 aromatic heterocycles. The molecule has 0 radical (unpaired) electrons. The van der Waals surface area contributed by atoms with Crippen LogP contribution in [0.4, 0.5) is 0 Å². The fourth-order valence-corrected chi connectivity index (χ4v) is 3.32. The maximum atomic E-state index is 10.4. The van der Waals surface area contributed by atoms with Crippen LogP contribution in [0, 0.1) is 17.3 Å². The standard InChI is InChI=1S/C16H28N2O/c1-16(2,3)13-7-5-12(6-8-13)14(19)11-15-17-9-10-18(15)4/h9-10,12-14,19H,5-8,11H2,1-4H3. The van der Waals surface area contributed by atoms with Crippen molar-refractivity contribution in [2.45, 2.75) is 59.0 Å². The summed E-state index contributed by atoms with van der Waals surface area (Å²) < 4.78 is 2.00. The van der Waals surface area contributed by atoms with Gasteiger partial charge in [0.15, 0.2) is 0 Å². The molecule has 0 amide bonds. The highest BCUT2D eigenvalue weighted by molar-refractivity contribution is 4.95. The molecular weight excluding hydrogens is 236 g/mol. The Hall–Kier alpha value is -0.830. The Kier molecular flexibility index (Phi) is 4.34. The zero-order chi connectivity index (χ0) is 14.0. The van der Waals surface area contributed by atoms with Gasteiger partial charge >= 0.3 is 0 Å². The third-order valence-corrected chi connectivity index (χ3v) is 4.85. The second-order valence-electron chi connectivity index (χ2n) is 7.20. The third kappa shape index (κ3) is 3.59. The average Bonchev–Trinajstić information content (AvgIpc) is 2.74. The van der Waals surface area contributed by atoms with Crippen LogP contribution in [0.1, 0.15) is 52.3 Å². The molecule has 1 unspecified atom stereocenters. The Morgan fingerprint density at radius 1 is 1.32 bits per heavy atom. The number of aryl methyl sites for hydroxylation is 1. The number of aromatic nitrogens is 2. The number of aliphatic hydroxyl groups is 1. The van der Waals surface area contributed by atoms with Crippen LogP contribution in [0.2, 0.25) is 0 Å². The smallest absolute Gasteiger partial charge is 0.110 e. The van der Waals surface area contributed by atoms with E-state index in [1.54, 1.807) is 6.20 Å². The molecule has 1 saturated carbocycles. The lowest BCUT2D eigenvalue weighted by atomic mass is 9.68. The minimum atomic E-state index is -0.234. The fraction of sp³-hybridized carbons (Fsp3) is 0.812. The quantitative estimate of drug-likeness (QED) is 0.910. The molecule has 1 fully saturated rings. The number of hydrogen-bond donors (Lipinski definition) is 1. The van der Waals surface area contributed by atoms with Crippen LogP contribution in [0.25, 0.3) is 0 Å². The van der Waals surface area contributed by atoms with Gasteiger partial charge in [-0.3, -0.25) is 0 Å². The average molecular weight is 264 g/mol.